The van der Waals surface area contributed by atoms with Gasteiger partial charge in [0.25, 0.3) is 0 Å². The highest BCUT2D eigenvalue weighted by Crippen LogP contribution is 2.31. The molecular weight excluding hydrogens is 186 g/mol. The number of hydrogen-bond acceptors (Lipinski definition) is 2. The van der Waals surface area contributed by atoms with Crippen molar-refractivity contribution in [1.82, 2.24) is 0 Å². The summed E-state index contributed by atoms with van der Waals surface area (Å²) in [5.74, 6) is 0.433. The lowest BCUT2D eigenvalue weighted by Crippen LogP contribution is -2.16. The molecule has 0 N–H and O–H groups in total. The lowest BCUT2D eigenvalue weighted by molar-refractivity contribution is 0.517. The standard InChI is InChI=1S/C13H17NO/c1-10(2)11-7-5-6-8-12(11)13(3,4)14-9-15/h5-8,10H,1-4H3. The number of isocyanates is 1. The number of benzene rings is 1. The van der Waals surface area contributed by atoms with Crippen LogP contribution in [0.1, 0.15) is 44.7 Å². The molecule has 0 saturated heterocycles. The summed E-state index contributed by atoms with van der Waals surface area (Å²) in [6.45, 7) is 8.14. The molecule has 0 aliphatic rings. The van der Waals surface area contributed by atoms with E-state index in [1.807, 2.05) is 32.0 Å². The van der Waals surface area contributed by atoms with Crippen LogP contribution in [0, 0.1) is 0 Å². The molecule has 0 saturated carbocycles. The lowest BCUT2D eigenvalue weighted by Gasteiger charge is -2.23. The van der Waals surface area contributed by atoms with Gasteiger partial charge in [-0.15, -0.1) is 0 Å². The van der Waals surface area contributed by atoms with Gasteiger partial charge in [-0.2, -0.15) is 4.99 Å². The van der Waals surface area contributed by atoms with E-state index in [9.17, 15) is 4.79 Å². The van der Waals surface area contributed by atoms with Crippen molar-refractivity contribution < 1.29 is 4.79 Å². The Morgan fingerprint density at radius 1 is 1.27 bits per heavy atom. The zero-order valence-electron chi connectivity index (χ0n) is 9.74. The van der Waals surface area contributed by atoms with Gasteiger partial charge >= 0.3 is 0 Å². The fourth-order valence-electron chi connectivity index (χ4n) is 1.73. The Labute approximate surface area is 91.0 Å². The van der Waals surface area contributed by atoms with Crippen LogP contribution in [0.15, 0.2) is 29.3 Å². The van der Waals surface area contributed by atoms with Crippen LogP contribution in [0.3, 0.4) is 0 Å². The minimum Gasteiger partial charge on any atom is -0.211 e. The highest BCUT2D eigenvalue weighted by atomic mass is 16.1. The number of nitrogens with zero attached hydrogens (tertiary/aromatic N) is 1. The van der Waals surface area contributed by atoms with Gasteiger partial charge in [-0.1, -0.05) is 38.1 Å². The van der Waals surface area contributed by atoms with Gasteiger partial charge in [-0.25, -0.2) is 4.79 Å². The smallest absolute Gasteiger partial charge is 0.211 e. The number of hydrogen-bond donors (Lipinski definition) is 0. The molecule has 0 fully saturated rings. The highest BCUT2D eigenvalue weighted by molar-refractivity contribution is 5.41. The molecule has 0 unspecified atom stereocenters. The number of aliphatic imine (C=N–C) groups is 1. The molecule has 0 aromatic heterocycles. The molecule has 2 nitrogen and oxygen atoms in total. The summed E-state index contributed by atoms with van der Waals surface area (Å²) in [5, 5.41) is 0. The molecule has 2 heteroatoms. The average molecular weight is 203 g/mol. The maximum absolute atomic E-state index is 10.4. The van der Waals surface area contributed by atoms with E-state index in [-0.39, 0.29) is 0 Å². The quantitative estimate of drug-likeness (QED) is 0.547. The zero-order chi connectivity index (χ0) is 11.5. The van der Waals surface area contributed by atoms with E-state index in [1.54, 1.807) is 6.08 Å². The van der Waals surface area contributed by atoms with Crippen molar-refractivity contribution >= 4 is 6.08 Å². The Bertz CT molecular complexity index is 387. The van der Waals surface area contributed by atoms with Crippen molar-refractivity contribution in [2.45, 2.75) is 39.2 Å². The van der Waals surface area contributed by atoms with E-state index in [2.05, 4.69) is 24.9 Å². The van der Waals surface area contributed by atoms with Crippen LogP contribution in [-0.2, 0) is 10.3 Å². The first kappa shape index (κ1) is 11.7. The van der Waals surface area contributed by atoms with Gasteiger partial charge in [-0.3, -0.25) is 0 Å². The van der Waals surface area contributed by atoms with Crippen LogP contribution in [0.25, 0.3) is 0 Å². The molecule has 0 aliphatic carbocycles. The van der Waals surface area contributed by atoms with Crippen molar-refractivity contribution in [2.24, 2.45) is 4.99 Å². The van der Waals surface area contributed by atoms with E-state index in [0.29, 0.717) is 5.92 Å². The van der Waals surface area contributed by atoms with Gasteiger partial charge < -0.3 is 0 Å². The monoisotopic (exact) mass is 203 g/mol. The molecule has 0 spiro atoms. The fraction of sp³-hybridized carbons (Fsp3) is 0.462. The topological polar surface area (TPSA) is 29.4 Å². The van der Waals surface area contributed by atoms with Gasteiger partial charge in [0.2, 0.25) is 6.08 Å². The van der Waals surface area contributed by atoms with Gasteiger partial charge in [-0.05, 0) is 30.9 Å². The Hall–Kier alpha value is -1.40. The molecule has 0 radical (unpaired) electrons. The molecule has 0 aliphatic heterocycles. The average Bonchev–Trinajstić information content (AvgIpc) is 2.17. The van der Waals surface area contributed by atoms with E-state index in [4.69, 9.17) is 0 Å². The van der Waals surface area contributed by atoms with Crippen molar-refractivity contribution in [1.29, 1.82) is 0 Å². The summed E-state index contributed by atoms with van der Waals surface area (Å²) >= 11 is 0. The van der Waals surface area contributed by atoms with Crippen molar-refractivity contribution in [2.75, 3.05) is 0 Å². The van der Waals surface area contributed by atoms with E-state index in [1.165, 1.54) is 5.56 Å². The minimum absolute atomic E-state index is 0.433. The molecule has 0 heterocycles. The maximum Gasteiger partial charge on any atom is 0.235 e. The molecule has 1 aromatic rings. The summed E-state index contributed by atoms with van der Waals surface area (Å²) in [5.41, 5.74) is 1.85. The summed E-state index contributed by atoms with van der Waals surface area (Å²) in [7, 11) is 0. The van der Waals surface area contributed by atoms with Crippen molar-refractivity contribution in [3.8, 4) is 0 Å². The normalized spacial score (nSPS) is 11.3. The molecule has 0 atom stereocenters. The Kier molecular flexibility index (Phi) is 3.43. The molecule has 0 amide bonds. The third-order valence-electron chi connectivity index (χ3n) is 2.57. The minimum atomic E-state index is -0.484. The summed E-state index contributed by atoms with van der Waals surface area (Å²) in [6, 6.07) is 8.10. The van der Waals surface area contributed by atoms with Crippen LogP contribution in [0.2, 0.25) is 0 Å². The Morgan fingerprint density at radius 3 is 2.40 bits per heavy atom. The largest absolute Gasteiger partial charge is 0.235 e. The SMILES string of the molecule is CC(C)c1ccccc1C(C)(C)N=C=O. The lowest BCUT2D eigenvalue weighted by atomic mass is 9.86. The first-order valence-corrected chi connectivity index (χ1v) is 5.17. The highest BCUT2D eigenvalue weighted by Gasteiger charge is 2.23. The molecule has 1 aromatic carbocycles. The summed E-state index contributed by atoms with van der Waals surface area (Å²) in [6.07, 6.45) is 1.65. The van der Waals surface area contributed by atoms with E-state index in [0.717, 1.165) is 5.56 Å². The second-order valence-corrected chi connectivity index (χ2v) is 4.50. The van der Waals surface area contributed by atoms with Crippen LogP contribution < -0.4 is 0 Å². The van der Waals surface area contributed by atoms with Crippen molar-refractivity contribution in [3.05, 3.63) is 35.4 Å². The van der Waals surface area contributed by atoms with Gasteiger partial charge in [0.15, 0.2) is 0 Å². The van der Waals surface area contributed by atoms with Crippen LogP contribution in [0.5, 0.6) is 0 Å². The predicted molar refractivity (Wildman–Crippen MR) is 61.7 cm³/mol. The zero-order valence-corrected chi connectivity index (χ0v) is 9.74. The third-order valence-corrected chi connectivity index (χ3v) is 2.57. The van der Waals surface area contributed by atoms with Crippen molar-refractivity contribution in [3.63, 3.8) is 0 Å². The number of rotatable bonds is 3. The first-order valence-electron chi connectivity index (χ1n) is 5.17. The van der Waals surface area contributed by atoms with Gasteiger partial charge in [0.1, 0.15) is 0 Å². The second kappa shape index (κ2) is 4.41. The van der Waals surface area contributed by atoms with Crippen LogP contribution in [0.4, 0.5) is 0 Å². The van der Waals surface area contributed by atoms with Gasteiger partial charge in [0, 0.05) is 0 Å². The Balaban J connectivity index is 3.30. The van der Waals surface area contributed by atoms with Crippen LogP contribution >= 0.6 is 0 Å². The molecular formula is C13H17NO. The van der Waals surface area contributed by atoms with E-state index >= 15 is 0 Å². The fourth-order valence-corrected chi connectivity index (χ4v) is 1.73. The van der Waals surface area contributed by atoms with Gasteiger partial charge in [0.05, 0.1) is 5.54 Å². The summed E-state index contributed by atoms with van der Waals surface area (Å²) in [4.78, 5) is 14.2. The van der Waals surface area contributed by atoms with Crippen LogP contribution in [-0.4, -0.2) is 6.08 Å². The molecule has 15 heavy (non-hydrogen) atoms. The molecule has 0 bridgehead atoms. The summed E-state index contributed by atoms with van der Waals surface area (Å²) < 4.78 is 0. The number of carbonyl (C=O) groups excluding carboxylic acids is 1. The predicted octanol–water partition coefficient (Wildman–Crippen LogP) is 3.38. The van der Waals surface area contributed by atoms with E-state index < -0.39 is 5.54 Å². The molecule has 80 valence electrons. The first-order chi connectivity index (χ1) is 6.99. The second-order valence-electron chi connectivity index (χ2n) is 4.50. The molecule has 1 rings (SSSR count). The Morgan fingerprint density at radius 2 is 1.87 bits per heavy atom. The third kappa shape index (κ3) is 2.54. The maximum atomic E-state index is 10.4.